The number of carbonyl (C=O) groups excluding carboxylic acids is 1. The minimum absolute atomic E-state index is 0.247. The van der Waals surface area contributed by atoms with E-state index in [2.05, 4.69) is 13.5 Å². The van der Waals surface area contributed by atoms with Gasteiger partial charge in [0.05, 0.1) is 18.3 Å². The lowest BCUT2D eigenvalue weighted by Gasteiger charge is -2.36. The van der Waals surface area contributed by atoms with Crippen LogP contribution in [0.1, 0.15) is 77.6 Å². The second kappa shape index (κ2) is 7.98. The van der Waals surface area contributed by atoms with Gasteiger partial charge in [-0.3, -0.25) is 0 Å². The van der Waals surface area contributed by atoms with Crippen LogP contribution in [0.5, 0.6) is 0 Å². The van der Waals surface area contributed by atoms with Crippen molar-refractivity contribution in [3.8, 4) is 0 Å². The van der Waals surface area contributed by atoms with Crippen LogP contribution >= 0.6 is 0 Å². The smallest absolute Gasteiger partial charge is 0.336 e. The summed E-state index contributed by atoms with van der Waals surface area (Å²) in [6, 6.07) is 0. The number of rotatable bonds is 6. The molecular weight excluding hydrogens is 264 g/mol. The Morgan fingerprint density at radius 2 is 1.71 bits per heavy atom. The maximum atomic E-state index is 12.2. The molecule has 0 unspecified atom stereocenters. The first-order valence-corrected chi connectivity index (χ1v) is 8.68. The van der Waals surface area contributed by atoms with Crippen molar-refractivity contribution >= 4 is 5.97 Å². The van der Waals surface area contributed by atoms with Gasteiger partial charge in [-0.1, -0.05) is 39.2 Å². The molecule has 0 amide bonds. The predicted octanol–water partition coefficient (Wildman–Crippen LogP) is 4.55. The van der Waals surface area contributed by atoms with E-state index < -0.39 is 0 Å². The Labute approximate surface area is 129 Å². The van der Waals surface area contributed by atoms with Crippen molar-refractivity contribution in [2.45, 2.75) is 89.3 Å². The second-order valence-electron chi connectivity index (χ2n) is 6.66. The van der Waals surface area contributed by atoms with Crippen molar-refractivity contribution in [1.29, 1.82) is 0 Å². The van der Waals surface area contributed by atoms with Gasteiger partial charge in [-0.05, 0) is 44.9 Å². The normalized spacial score (nSPS) is 22.7. The summed E-state index contributed by atoms with van der Waals surface area (Å²) in [5.74, 6) is -0.255. The van der Waals surface area contributed by atoms with Crippen molar-refractivity contribution in [1.82, 2.24) is 0 Å². The van der Waals surface area contributed by atoms with E-state index in [9.17, 15) is 4.79 Å². The summed E-state index contributed by atoms with van der Waals surface area (Å²) < 4.78 is 11.6. The third-order valence-electron chi connectivity index (χ3n) is 5.05. The quantitative estimate of drug-likeness (QED) is 0.532. The molecule has 2 rings (SSSR count). The van der Waals surface area contributed by atoms with E-state index in [0.717, 1.165) is 44.9 Å². The standard InChI is InChI=1S/C18H30O3/c1-3-18(12-8-5-9-13-18)21-17(19)15(2)14-20-16-10-6-4-7-11-16/h16H,2-14H2,1H3. The zero-order valence-electron chi connectivity index (χ0n) is 13.5. The fraction of sp³-hybridized carbons (Fsp3) is 0.833. The lowest BCUT2D eigenvalue weighted by atomic mass is 9.82. The number of hydrogen-bond acceptors (Lipinski definition) is 3. The molecule has 0 aliphatic heterocycles. The van der Waals surface area contributed by atoms with Gasteiger partial charge in [-0.25, -0.2) is 4.79 Å². The largest absolute Gasteiger partial charge is 0.456 e. The highest BCUT2D eigenvalue weighted by Gasteiger charge is 2.34. The van der Waals surface area contributed by atoms with Gasteiger partial charge < -0.3 is 9.47 Å². The molecule has 2 saturated carbocycles. The Bertz CT molecular complexity index is 349. The third-order valence-corrected chi connectivity index (χ3v) is 5.05. The van der Waals surface area contributed by atoms with E-state index in [-0.39, 0.29) is 11.6 Å². The Morgan fingerprint density at radius 3 is 2.33 bits per heavy atom. The Balaban J connectivity index is 1.77. The number of ether oxygens (including phenoxy) is 2. The second-order valence-corrected chi connectivity index (χ2v) is 6.66. The Hall–Kier alpha value is -0.830. The highest BCUT2D eigenvalue weighted by Crippen LogP contribution is 2.35. The van der Waals surface area contributed by atoms with E-state index in [1.807, 2.05) is 0 Å². The van der Waals surface area contributed by atoms with Crippen molar-refractivity contribution in [2.24, 2.45) is 0 Å². The van der Waals surface area contributed by atoms with Gasteiger partial charge in [0, 0.05) is 0 Å². The minimum Gasteiger partial charge on any atom is -0.456 e. The summed E-state index contributed by atoms with van der Waals surface area (Å²) in [5.41, 5.74) is 0.224. The Kier molecular flexibility index (Phi) is 6.28. The fourth-order valence-electron chi connectivity index (χ4n) is 3.50. The molecule has 0 heterocycles. The molecule has 0 saturated heterocycles. The molecule has 0 atom stereocenters. The molecule has 0 aromatic heterocycles. The highest BCUT2D eigenvalue weighted by molar-refractivity contribution is 5.88. The van der Waals surface area contributed by atoms with Gasteiger partial charge in [0.15, 0.2) is 0 Å². The van der Waals surface area contributed by atoms with Crippen LogP contribution in [0.25, 0.3) is 0 Å². The summed E-state index contributed by atoms with van der Waals surface area (Å²) in [7, 11) is 0. The average Bonchev–Trinajstić information content (AvgIpc) is 2.54. The van der Waals surface area contributed by atoms with Crippen LogP contribution < -0.4 is 0 Å². The van der Waals surface area contributed by atoms with E-state index in [4.69, 9.17) is 9.47 Å². The lowest BCUT2D eigenvalue weighted by Crippen LogP contribution is -2.37. The van der Waals surface area contributed by atoms with E-state index in [1.54, 1.807) is 0 Å². The van der Waals surface area contributed by atoms with Gasteiger partial charge in [0.2, 0.25) is 0 Å². The van der Waals surface area contributed by atoms with Gasteiger partial charge in [0.25, 0.3) is 0 Å². The number of esters is 1. The fourth-order valence-corrected chi connectivity index (χ4v) is 3.50. The van der Waals surface area contributed by atoms with Crippen molar-refractivity contribution in [3.63, 3.8) is 0 Å². The third kappa shape index (κ3) is 4.84. The maximum Gasteiger partial charge on any atom is 0.336 e. The number of hydrogen-bond donors (Lipinski definition) is 0. The topological polar surface area (TPSA) is 35.5 Å². The SMILES string of the molecule is C=C(COC1CCCCC1)C(=O)OC1(CC)CCCCC1. The molecule has 0 N–H and O–H groups in total. The molecule has 3 nitrogen and oxygen atoms in total. The van der Waals surface area contributed by atoms with Crippen LogP contribution in [0.15, 0.2) is 12.2 Å². The van der Waals surface area contributed by atoms with Gasteiger partial charge in [0.1, 0.15) is 5.60 Å². The molecule has 0 aromatic carbocycles. The highest BCUT2D eigenvalue weighted by atomic mass is 16.6. The molecule has 3 heteroatoms. The summed E-state index contributed by atoms with van der Waals surface area (Å²) in [4.78, 5) is 12.2. The monoisotopic (exact) mass is 294 g/mol. The molecule has 2 fully saturated rings. The maximum absolute atomic E-state index is 12.2. The van der Waals surface area contributed by atoms with Crippen LogP contribution in [-0.2, 0) is 14.3 Å². The molecule has 0 spiro atoms. The summed E-state index contributed by atoms with van der Waals surface area (Å²) in [6.07, 6.45) is 12.8. The van der Waals surface area contributed by atoms with E-state index in [0.29, 0.717) is 18.3 Å². The van der Waals surface area contributed by atoms with Gasteiger partial charge >= 0.3 is 5.97 Å². The lowest BCUT2D eigenvalue weighted by molar-refractivity contribution is -0.159. The van der Waals surface area contributed by atoms with Crippen LogP contribution in [0.4, 0.5) is 0 Å². The molecule has 0 radical (unpaired) electrons. The van der Waals surface area contributed by atoms with Crippen LogP contribution in [0.2, 0.25) is 0 Å². The molecule has 2 aliphatic rings. The Morgan fingerprint density at radius 1 is 1.10 bits per heavy atom. The van der Waals surface area contributed by atoms with Gasteiger partial charge in [-0.2, -0.15) is 0 Å². The van der Waals surface area contributed by atoms with Crippen LogP contribution in [0, 0.1) is 0 Å². The first-order valence-electron chi connectivity index (χ1n) is 8.68. The van der Waals surface area contributed by atoms with E-state index in [1.165, 1.54) is 25.7 Å². The van der Waals surface area contributed by atoms with Crippen molar-refractivity contribution < 1.29 is 14.3 Å². The van der Waals surface area contributed by atoms with Crippen LogP contribution in [-0.4, -0.2) is 24.3 Å². The van der Waals surface area contributed by atoms with Gasteiger partial charge in [-0.15, -0.1) is 0 Å². The number of carbonyl (C=O) groups is 1. The summed E-state index contributed by atoms with van der Waals surface area (Å²) >= 11 is 0. The predicted molar refractivity (Wildman–Crippen MR) is 84.2 cm³/mol. The van der Waals surface area contributed by atoms with E-state index >= 15 is 0 Å². The first-order chi connectivity index (χ1) is 10.2. The molecule has 0 bridgehead atoms. The summed E-state index contributed by atoms with van der Waals surface area (Å²) in [5, 5.41) is 0. The first kappa shape index (κ1) is 16.5. The molecule has 21 heavy (non-hydrogen) atoms. The molecule has 0 aromatic rings. The van der Waals surface area contributed by atoms with Crippen LogP contribution in [0.3, 0.4) is 0 Å². The van der Waals surface area contributed by atoms with Crippen molar-refractivity contribution in [2.75, 3.05) is 6.61 Å². The zero-order valence-corrected chi connectivity index (χ0v) is 13.5. The summed E-state index contributed by atoms with van der Waals surface area (Å²) in [6.45, 7) is 6.30. The molecule has 2 aliphatic carbocycles. The minimum atomic E-state index is -0.255. The average molecular weight is 294 g/mol. The zero-order chi connectivity index (χ0) is 15.1. The molecule has 120 valence electrons. The molecular formula is C18H30O3. The van der Waals surface area contributed by atoms with Crippen molar-refractivity contribution in [3.05, 3.63) is 12.2 Å².